The molecule has 0 radical (unpaired) electrons. The van der Waals surface area contributed by atoms with Gasteiger partial charge in [-0.2, -0.15) is 0 Å². The Labute approximate surface area is 102 Å². The van der Waals surface area contributed by atoms with Crippen molar-refractivity contribution in [3.8, 4) is 0 Å². The van der Waals surface area contributed by atoms with Crippen LogP contribution in [-0.4, -0.2) is 14.6 Å². The van der Waals surface area contributed by atoms with Gasteiger partial charge in [0.1, 0.15) is 0 Å². The molecule has 3 rings (SSSR count). The number of hydrogen-bond donors (Lipinski definition) is 1. The van der Waals surface area contributed by atoms with Crippen molar-refractivity contribution in [1.29, 1.82) is 0 Å². The van der Waals surface area contributed by atoms with Crippen LogP contribution in [0.15, 0.2) is 42.0 Å². The van der Waals surface area contributed by atoms with Crippen LogP contribution in [0.25, 0.3) is 10.8 Å². The molecule has 2 aromatic heterocycles. The minimum absolute atomic E-state index is 0.685. The van der Waals surface area contributed by atoms with E-state index in [1.165, 1.54) is 16.9 Å². The second-order valence-electron chi connectivity index (χ2n) is 3.65. The Bertz CT molecular complexity index is 616. The first-order valence-corrected chi connectivity index (χ1v) is 6.10. The van der Waals surface area contributed by atoms with Crippen LogP contribution in [0.1, 0.15) is 5.69 Å². The normalized spacial score (nSPS) is 10.6. The predicted octanol–water partition coefficient (Wildman–Crippen LogP) is 2.70. The van der Waals surface area contributed by atoms with E-state index >= 15 is 0 Å². The van der Waals surface area contributed by atoms with Gasteiger partial charge in [-0.3, -0.25) is 4.98 Å². The third kappa shape index (κ3) is 2.09. The number of pyridine rings is 1. The number of rotatable bonds is 3. The molecule has 1 N–H and O–H groups in total. The fraction of sp³-hybridized carbons (Fsp3) is 0.0833. The molecule has 1 aromatic carbocycles. The Hall–Kier alpha value is -2.01. The van der Waals surface area contributed by atoms with Gasteiger partial charge in [-0.1, -0.05) is 16.6 Å². The fourth-order valence-electron chi connectivity index (χ4n) is 1.71. The Kier molecular flexibility index (Phi) is 2.67. The van der Waals surface area contributed by atoms with Crippen LogP contribution in [0.3, 0.4) is 0 Å². The van der Waals surface area contributed by atoms with Gasteiger partial charge in [0.05, 0.1) is 12.2 Å². The summed E-state index contributed by atoms with van der Waals surface area (Å²) in [5, 5.41) is 11.6. The van der Waals surface area contributed by atoms with Gasteiger partial charge in [0.15, 0.2) is 0 Å². The van der Waals surface area contributed by atoms with Crippen molar-refractivity contribution in [3.63, 3.8) is 0 Å². The van der Waals surface area contributed by atoms with Crippen LogP contribution >= 0.6 is 11.5 Å². The van der Waals surface area contributed by atoms with Crippen molar-refractivity contribution >= 4 is 28.0 Å². The standard InChI is InChI=1S/C12H10N4S/c1-2-9-4-5-13-7-11(9)12(3-1)14-6-10-8-17-16-15-10/h1-5,7-8,14H,6H2. The molecule has 0 aliphatic carbocycles. The third-order valence-electron chi connectivity index (χ3n) is 2.55. The minimum Gasteiger partial charge on any atom is -0.379 e. The van der Waals surface area contributed by atoms with E-state index in [4.69, 9.17) is 0 Å². The second-order valence-corrected chi connectivity index (χ2v) is 4.26. The lowest BCUT2D eigenvalue weighted by molar-refractivity contribution is 1.00. The smallest absolute Gasteiger partial charge is 0.0946 e. The Morgan fingerprint density at radius 2 is 2.24 bits per heavy atom. The molecule has 5 heteroatoms. The first-order chi connectivity index (χ1) is 8.43. The highest BCUT2D eigenvalue weighted by Crippen LogP contribution is 2.22. The lowest BCUT2D eigenvalue weighted by Crippen LogP contribution is -2.00. The van der Waals surface area contributed by atoms with Crippen molar-refractivity contribution in [2.75, 3.05) is 5.32 Å². The molecular formula is C12H10N4S. The van der Waals surface area contributed by atoms with E-state index in [2.05, 4.69) is 26.0 Å². The zero-order valence-corrected chi connectivity index (χ0v) is 9.81. The Morgan fingerprint density at radius 3 is 3.12 bits per heavy atom. The Balaban J connectivity index is 1.90. The molecule has 2 heterocycles. The molecule has 0 fully saturated rings. The number of aromatic nitrogens is 3. The summed E-state index contributed by atoms with van der Waals surface area (Å²) in [6.07, 6.45) is 3.67. The summed E-state index contributed by atoms with van der Waals surface area (Å²) in [5.74, 6) is 0. The molecule has 0 aliphatic heterocycles. The molecule has 0 saturated carbocycles. The summed E-state index contributed by atoms with van der Waals surface area (Å²) in [6.45, 7) is 0.685. The van der Waals surface area contributed by atoms with Crippen molar-refractivity contribution in [2.45, 2.75) is 6.54 Å². The van der Waals surface area contributed by atoms with Gasteiger partial charge in [-0.25, -0.2) is 0 Å². The van der Waals surface area contributed by atoms with Gasteiger partial charge in [0, 0.05) is 28.8 Å². The first-order valence-electron chi connectivity index (χ1n) is 5.26. The van der Waals surface area contributed by atoms with Crippen molar-refractivity contribution in [3.05, 3.63) is 47.7 Å². The van der Waals surface area contributed by atoms with E-state index in [1.807, 2.05) is 29.8 Å². The molecule has 0 atom stereocenters. The van der Waals surface area contributed by atoms with Gasteiger partial charge in [-0.05, 0) is 29.1 Å². The maximum Gasteiger partial charge on any atom is 0.0946 e. The zero-order chi connectivity index (χ0) is 11.5. The molecule has 84 valence electrons. The minimum atomic E-state index is 0.685. The lowest BCUT2D eigenvalue weighted by Gasteiger charge is -2.07. The van der Waals surface area contributed by atoms with Gasteiger partial charge < -0.3 is 5.32 Å². The van der Waals surface area contributed by atoms with Crippen LogP contribution in [0.2, 0.25) is 0 Å². The molecule has 3 aromatic rings. The van der Waals surface area contributed by atoms with E-state index in [1.54, 1.807) is 6.20 Å². The van der Waals surface area contributed by atoms with E-state index in [0.717, 1.165) is 16.8 Å². The van der Waals surface area contributed by atoms with E-state index in [0.29, 0.717) is 6.54 Å². The molecule has 0 amide bonds. The van der Waals surface area contributed by atoms with Crippen molar-refractivity contribution in [2.24, 2.45) is 0 Å². The number of benzene rings is 1. The first kappa shape index (κ1) is 10.2. The SMILES string of the molecule is c1cc(NCc2csnn2)c2cnccc2c1. The summed E-state index contributed by atoms with van der Waals surface area (Å²) in [7, 11) is 0. The van der Waals surface area contributed by atoms with Crippen LogP contribution < -0.4 is 5.32 Å². The predicted molar refractivity (Wildman–Crippen MR) is 69.0 cm³/mol. The topological polar surface area (TPSA) is 50.7 Å². The lowest BCUT2D eigenvalue weighted by atomic mass is 10.1. The summed E-state index contributed by atoms with van der Waals surface area (Å²) >= 11 is 1.36. The van der Waals surface area contributed by atoms with Gasteiger partial charge >= 0.3 is 0 Å². The molecule has 0 unspecified atom stereocenters. The average Bonchev–Trinajstić information content (AvgIpc) is 2.89. The summed E-state index contributed by atoms with van der Waals surface area (Å²) in [6, 6.07) is 8.16. The number of fused-ring (bicyclic) bond motifs is 1. The highest BCUT2D eigenvalue weighted by molar-refractivity contribution is 7.03. The molecular weight excluding hydrogens is 232 g/mol. The average molecular weight is 242 g/mol. The van der Waals surface area contributed by atoms with Crippen LogP contribution in [-0.2, 0) is 6.54 Å². The van der Waals surface area contributed by atoms with Crippen LogP contribution in [0.5, 0.6) is 0 Å². The molecule has 17 heavy (non-hydrogen) atoms. The largest absolute Gasteiger partial charge is 0.379 e. The monoisotopic (exact) mass is 242 g/mol. The number of anilines is 1. The van der Waals surface area contributed by atoms with E-state index < -0.39 is 0 Å². The summed E-state index contributed by atoms with van der Waals surface area (Å²) in [5.41, 5.74) is 2.03. The number of hydrogen-bond acceptors (Lipinski definition) is 5. The van der Waals surface area contributed by atoms with Crippen LogP contribution in [0, 0.1) is 0 Å². The number of nitrogens with one attached hydrogen (secondary N) is 1. The van der Waals surface area contributed by atoms with Gasteiger partial charge in [0.2, 0.25) is 0 Å². The highest BCUT2D eigenvalue weighted by atomic mass is 32.1. The quantitative estimate of drug-likeness (QED) is 0.767. The molecule has 0 saturated heterocycles. The van der Waals surface area contributed by atoms with E-state index in [-0.39, 0.29) is 0 Å². The van der Waals surface area contributed by atoms with Gasteiger partial charge in [-0.15, -0.1) is 5.10 Å². The third-order valence-corrected chi connectivity index (χ3v) is 3.10. The Morgan fingerprint density at radius 1 is 1.24 bits per heavy atom. The maximum absolute atomic E-state index is 4.15. The van der Waals surface area contributed by atoms with E-state index in [9.17, 15) is 0 Å². The number of nitrogens with zero attached hydrogens (tertiary/aromatic N) is 3. The van der Waals surface area contributed by atoms with Crippen molar-refractivity contribution in [1.82, 2.24) is 14.6 Å². The second kappa shape index (κ2) is 4.47. The van der Waals surface area contributed by atoms with Crippen molar-refractivity contribution < 1.29 is 0 Å². The van der Waals surface area contributed by atoms with Gasteiger partial charge in [0.25, 0.3) is 0 Å². The highest BCUT2D eigenvalue weighted by Gasteiger charge is 2.01. The molecule has 0 bridgehead atoms. The summed E-state index contributed by atoms with van der Waals surface area (Å²) in [4.78, 5) is 4.15. The molecule has 0 aliphatic rings. The molecule has 0 spiro atoms. The summed E-state index contributed by atoms with van der Waals surface area (Å²) < 4.78 is 3.84. The molecule has 4 nitrogen and oxygen atoms in total. The maximum atomic E-state index is 4.15. The van der Waals surface area contributed by atoms with Crippen LogP contribution in [0.4, 0.5) is 5.69 Å². The zero-order valence-electron chi connectivity index (χ0n) is 9.00. The fourth-order valence-corrected chi connectivity index (χ4v) is 2.17.